The topological polar surface area (TPSA) is 50.4 Å². The molecular formula is C20H22N2O2S. The van der Waals surface area contributed by atoms with E-state index in [0.29, 0.717) is 17.3 Å². The lowest BCUT2D eigenvalue weighted by molar-refractivity contribution is 0.0526. The highest BCUT2D eigenvalue weighted by atomic mass is 32.1. The molecule has 0 bridgehead atoms. The van der Waals surface area contributed by atoms with Crippen molar-refractivity contribution in [3.05, 3.63) is 65.2 Å². The van der Waals surface area contributed by atoms with Gasteiger partial charge >= 0.3 is 5.97 Å². The van der Waals surface area contributed by atoms with Gasteiger partial charge in [0.25, 0.3) is 0 Å². The van der Waals surface area contributed by atoms with E-state index in [1.54, 1.807) is 19.1 Å². The first-order valence-corrected chi connectivity index (χ1v) is 9.00. The Hall–Kier alpha value is -2.40. The van der Waals surface area contributed by atoms with Crippen molar-refractivity contribution < 1.29 is 9.53 Å². The summed E-state index contributed by atoms with van der Waals surface area (Å²) in [6, 6.07) is 15.9. The molecule has 0 saturated carbocycles. The molecule has 25 heavy (non-hydrogen) atoms. The van der Waals surface area contributed by atoms with Gasteiger partial charge in [-0.25, -0.2) is 4.79 Å². The lowest BCUT2D eigenvalue weighted by atomic mass is 9.88. The van der Waals surface area contributed by atoms with E-state index in [2.05, 4.69) is 34.9 Å². The molecule has 0 unspecified atom stereocenters. The van der Waals surface area contributed by atoms with Gasteiger partial charge in [0.2, 0.25) is 0 Å². The number of hydrogen-bond acceptors (Lipinski definition) is 3. The highest BCUT2D eigenvalue weighted by molar-refractivity contribution is 7.80. The summed E-state index contributed by atoms with van der Waals surface area (Å²) in [5.41, 5.74) is 3.99. The summed E-state index contributed by atoms with van der Waals surface area (Å²) in [6.45, 7) is 2.15. The fourth-order valence-corrected chi connectivity index (χ4v) is 3.43. The van der Waals surface area contributed by atoms with E-state index in [1.165, 1.54) is 11.1 Å². The molecule has 2 N–H and O–H groups in total. The van der Waals surface area contributed by atoms with Crippen molar-refractivity contribution in [3.8, 4) is 0 Å². The van der Waals surface area contributed by atoms with Crippen molar-refractivity contribution in [2.45, 2.75) is 32.2 Å². The van der Waals surface area contributed by atoms with E-state index in [1.807, 2.05) is 12.1 Å². The van der Waals surface area contributed by atoms with Gasteiger partial charge in [0.05, 0.1) is 18.2 Å². The molecule has 0 aliphatic heterocycles. The molecule has 3 rings (SSSR count). The molecule has 1 aliphatic carbocycles. The predicted octanol–water partition coefficient (Wildman–Crippen LogP) is 4.23. The highest BCUT2D eigenvalue weighted by Crippen LogP contribution is 2.29. The van der Waals surface area contributed by atoms with Gasteiger partial charge in [0.15, 0.2) is 5.11 Å². The van der Waals surface area contributed by atoms with Gasteiger partial charge in [-0.3, -0.25) is 0 Å². The van der Waals surface area contributed by atoms with Crippen molar-refractivity contribution in [2.24, 2.45) is 0 Å². The zero-order chi connectivity index (χ0) is 17.6. The number of anilines is 1. The highest BCUT2D eigenvalue weighted by Gasteiger charge is 2.20. The molecular weight excluding hydrogens is 332 g/mol. The molecule has 1 aliphatic rings. The van der Waals surface area contributed by atoms with Crippen LogP contribution in [0.3, 0.4) is 0 Å². The Morgan fingerprint density at radius 3 is 2.92 bits per heavy atom. The summed E-state index contributed by atoms with van der Waals surface area (Å²) in [5.74, 6) is -0.328. The third kappa shape index (κ3) is 4.37. The Labute approximate surface area is 153 Å². The SMILES string of the molecule is CCOC(=O)c1cccc(NC(=S)N[C@H]2CCCc3ccccc32)c1. The number of fused-ring (bicyclic) bond motifs is 1. The summed E-state index contributed by atoms with van der Waals surface area (Å²) in [4.78, 5) is 11.8. The maximum atomic E-state index is 11.8. The van der Waals surface area contributed by atoms with Gasteiger partial charge in [-0.15, -0.1) is 0 Å². The number of carbonyl (C=O) groups is 1. The molecule has 0 aromatic heterocycles. The molecule has 2 aromatic rings. The molecule has 0 amide bonds. The van der Waals surface area contributed by atoms with Gasteiger partial charge in [-0.05, 0) is 67.7 Å². The Balaban J connectivity index is 1.66. The normalized spacial score (nSPS) is 15.8. The second kappa shape index (κ2) is 8.12. The van der Waals surface area contributed by atoms with E-state index in [9.17, 15) is 4.79 Å². The van der Waals surface area contributed by atoms with Crippen molar-refractivity contribution in [2.75, 3.05) is 11.9 Å². The number of carbonyl (C=O) groups excluding carboxylic acids is 1. The molecule has 0 saturated heterocycles. The van der Waals surface area contributed by atoms with Crippen LogP contribution in [0.4, 0.5) is 5.69 Å². The number of ether oxygens (including phenoxy) is 1. The monoisotopic (exact) mass is 354 g/mol. The average Bonchev–Trinajstić information content (AvgIpc) is 2.62. The van der Waals surface area contributed by atoms with E-state index < -0.39 is 0 Å². The maximum absolute atomic E-state index is 11.8. The molecule has 0 radical (unpaired) electrons. The van der Waals surface area contributed by atoms with Crippen LogP contribution < -0.4 is 10.6 Å². The zero-order valence-electron chi connectivity index (χ0n) is 14.2. The molecule has 1 atom stereocenters. The first-order valence-electron chi connectivity index (χ1n) is 8.60. The molecule has 0 heterocycles. The predicted molar refractivity (Wildman–Crippen MR) is 104 cm³/mol. The van der Waals surface area contributed by atoms with Crippen LogP contribution in [-0.4, -0.2) is 17.7 Å². The van der Waals surface area contributed by atoms with Crippen LogP contribution in [0.25, 0.3) is 0 Å². The molecule has 0 fully saturated rings. The lowest BCUT2D eigenvalue weighted by Crippen LogP contribution is -2.34. The second-order valence-corrected chi connectivity index (χ2v) is 6.45. The summed E-state index contributed by atoms with van der Waals surface area (Å²) in [5, 5.41) is 7.13. The second-order valence-electron chi connectivity index (χ2n) is 6.04. The molecule has 0 spiro atoms. The largest absolute Gasteiger partial charge is 0.462 e. The van der Waals surface area contributed by atoms with Crippen LogP contribution in [0, 0.1) is 0 Å². The van der Waals surface area contributed by atoms with Crippen LogP contribution in [0.5, 0.6) is 0 Å². The summed E-state index contributed by atoms with van der Waals surface area (Å²) < 4.78 is 5.03. The van der Waals surface area contributed by atoms with Gasteiger partial charge in [-0.2, -0.15) is 0 Å². The number of esters is 1. The third-order valence-corrected chi connectivity index (χ3v) is 4.53. The lowest BCUT2D eigenvalue weighted by Gasteiger charge is -2.27. The quantitative estimate of drug-likeness (QED) is 0.636. The van der Waals surface area contributed by atoms with Gasteiger partial charge < -0.3 is 15.4 Å². The Morgan fingerprint density at radius 2 is 2.08 bits per heavy atom. The minimum absolute atomic E-state index is 0.221. The summed E-state index contributed by atoms with van der Waals surface area (Å²) in [6.07, 6.45) is 3.33. The van der Waals surface area contributed by atoms with Crippen LogP contribution in [0.2, 0.25) is 0 Å². The van der Waals surface area contributed by atoms with Crippen LogP contribution in [0.15, 0.2) is 48.5 Å². The number of nitrogens with one attached hydrogen (secondary N) is 2. The van der Waals surface area contributed by atoms with Crippen molar-refractivity contribution >= 4 is 29.0 Å². The minimum Gasteiger partial charge on any atom is -0.462 e. The average molecular weight is 354 g/mol. The van der Waals surface area contributed by atoms with Crippen molar-refractivity contribution in [3.63, 3.8) is 0 Å². The summed E-state index contributed by atoms with van der Waals surface area (Å²) >= 11 is 5.47. The molecule has 130 valence electrons. The van der Waals surface area contributed by atoms with Crippen molar-refractivity contribution in [1.82, 2.24) is 5.32 Å². The van der Waals surface area contributed by atoms with E-state index in [4.69, 9.17) is 17.0 Å². The number of thiocarbonyl (C=S) groups is 1. The van der Waals surface area contributed by atoms with Crippen molar-refractivity contribution in [1.29, 1.82) is 0 Å². The number of rotatable bonds is 4. The minimum atomic E-state index is -0.328. The molecule has 5 heteroatoms. The van der Waals surface area contributed by atoms with Gasteiger partial charge in [0.1, 0.15) is 0 Å². The molecule has 4 nitrogen and oxygen atoms in total. The first kappa shape index (κ1) is 17.4. The zero-order valence-corrected chi connectivity index (χ0v) is 15.1. The number of aryl methyl sites for hydroxylation is 1. The van der Waals surface area contributed by atoms with E-state index >= 15 is 0 Å². The first-order chi connectivity index (χ1) is 12.2. The molecule has 2 aromatic carbocycles. The van der Waals surface area contributed by atoms with Crippen LogP contribution in [-0.2, 0) is 11.2 Å². The smallest absolute Gasteiger partial charge is 0.338 e. The van der Waals surface area contributed by atoms with Gasteiger partial charge in [-0.1, -0.05) is 30.3 Å². The third-order valence-electron chi connectivity index (χ3n) is 4.31. The fourth-order valence-electron chi connectivity index (χ4n) is 3.17. The Kier molecular flexibility index (Phi) is 5.66. The standard InChI is InChI=1S/C20H22N2O2S/c1-2-24-19(23)15-9-5-10-16(13-15)21-20(25)22-18-12-6-8-14-7-3-4-11-17(14)18/h3-5,7,9-11,13,18H,2,6,8,12H2,1H3,(H2,21,22,25)/t18-/m0/s1. The fraction of sp³-hybridized carbons (Fsp3) is 0.300. The maximum Gasteiger partial charge on any atom is 0.338 e. The van der Waals surface area contributed by atoms with E-state index in [-0.39, 0.29) is 12.0 Å². The van der Waals surface area contributed by atoms with E-state index in [0.717, 1.165) is 24.9 Å². The Morgan fingerprint density at radius 1 is 1.24 bits per heavy atom. The number of benzene rings is 2. The Bertz CT molecular complexity index is 776. The van der Waals surface area contributed by atoms with Crippen LogP contribution >= 0.6 is 12.2 Å². The van der Waals surface area contributed by atoms with Gasteiger partial charge in [0, 0.05) is 5.69 Å². The number of hydrogen-bond donors (Lipinski definition) is 2. The summed E-state index contributed by atoms with van der Waals surface area (Å²) in [7, 11) is 0. The van der Waals surface area contributed by atoms with Crippen LogP contribution in [0.1, 0.15) is 47.3 Å².